The smallest absolute Gasteiger partial charge is 0.249 e. The second-order valence-electron chi connectivity index (χ2n) is 7.15. The van der Waals surface area contributed by atoms with Crippen molar-refractivity contribution in [3.63, 3.8) is 0 Å². The first kappa shape index (κ1) is 27.4. The SMILES string of the molecule is COC(C=O)[C@H](CO)O[C@@H](C=NCCCCC(=O)N1C(=O)CC(SC)C1=O)OC(C)C. The highest BCUT2D eigenvalue weighted by Gasteiger charge is 2.41. The van der Waals surface area contributed by atoms with Gasteiger partial charge in [-0.2, -0.15) is 11.8 Å². The number of aliphatic hydroxyl groups excluding tert-OH is 1. The summed E-state index contributed by atoms with van der Waals surface area (Å²) in [6, 6.07) is 0. The summed E-state index contributed by atoms with van der Waals surface area (Å²) in [5, 5.41) is 8.97. The van der Waals surface area contributed by atoms with Gasteiger partial charge in [-0.25, -0.2) is 4.90 Å². The second kappa shape index (κ2) is 14.4. The number of methoxy groups -OCH3 is 1. The summed E-state index contributed by atoms with van der Waals surface area (Å²) < 4.78 is 16.2. The van der Waals surface area contributed by atoms with E-state index in [2.05, 4.69) is 4.99 Å². The molecule has 4 atom stereocenters. The minimum atomic E-state index is -0.940. The Labute approximate surface area is 186 Å². The average Bonchev–Trinajstić information content (AvgIpc) is 3.02. The number of aliphatic imine (C=N–C) groups is 1. The largest absolute Gasteiger partial charge is 0.394 e. The lowest BCUT2D eigenvalue weighted by molar-refractivity contribution is -0.182. The maximum absolute atomic E-state index is 12.2. The van der Waals surface area contributed by atoms with Crippen LogP contribution in [0.5, 0.6) is 0 Å². The maximum atomic E-state index is 12.2. The zero-order valence-corrected chi connectivity index (χ0v) is 19.2. The van der Waals surface area contributed by atoms with Gasteiger partial charge in [0.2, 0.25) is 17.7 Å². The van der Waals surface area contributed by atoms with E-state index in [9.17, 15) is 24.3 Å². The number of likely N-dealkylation sites (tertiary alicyclic amines) is 1. The molecular weight excluding hydrogens is 428 g/mol. The number of carbonyl (C=O) groups is 4. The van der Waals surface area contributed by atoms with Crippen LogP contribution < -0.4 is 0 Å². The molecule has 1 heterocycles. The van der Waals surface area contributed by atoms with Crippen LogP contribution in [0.4, 0.5) is 0 Å². The fourth-order valence-electron chi connectivity index (χ4n) is 2.86. The van der Waals surface area contributed by atoms with Crippen LogP contribution in [0.25, 0.3) is 0 Å². The van der Waals surface area contributed by atoms with Crippen molar-refractivity contribution in [1.29, 1.82) is 0 Å². The van der Waals surface area contributed by atoms with Gasteiger partial charge < -0.3 is 24.1 Å². The molecule has 0 aromatic rings. The monoisotopic (exact) mass is 460 g/mol. The van der Waals surface area contributed by atoms with Gasteiger partial charge in [0.1, 0.15) is 12.2 Å². The second-order valence-corrected chi connectivity index (χ2v) is 8.19. The van der Waals surface area contributed by atoms with Crippen molar-refractivity contribution in [1.82, 2.24) is 4.90 Å². The maximum Gasteiger partial charge on any atom is 0.249 e. The molecule has 1 fully saturated rings. The molecule has 0 bridgehead atoms. The number of rotatable bonds is 15. The summed E-state index contributed by atoms with van der Waals surface area (Å²) >= 11 is 1.27. The Balaban J connectivity index is 2.49. The molecular formula is C20H32N2O8S. The number of imide groups is 3. The molecule has 0 aromatic heterocycles. The average molecular weight is 461 g/mol. The first-order valence-corrected chi connectivity index (χ1v) is 11.4. The third-order valence-electron chi connectivity index (χ3n) is 4.46. The van der Waals surface area contributed by atoms with Crippen LogP contribution in [0.2, 0.25) is 0 Å². The number of aliphatic hydroxyl groups is 1. The highest BCUT2D eigenvalue weighted by Crippen LogP contribution is 2.24. The molecule has 2 unspecified atom stereocenters. The van der Waals surface area contributed by atoms with Gasteiger partial charge in [0.25, 0.3) is 0 Å². The number of unbranched alkanes of at least 4 members (excludes halogenated alkanes) is 1. The molecule has 1 N–H and O–H groups in total. The van der Waals surface area contributed by atoms with E-state index in [4.69, 9.17) is 14.2 Å². The molecule has 3 amide bonds. The Morgan fingerprint density at radius 1 is 1.32 bits per heavy atom. The number of amides is 3. The van der Waals surface area contributed by atoms with Gasteiger partial charge in [-0.1, -0.05) is 0 Å². The predicted octanol–water partition coefficient (Wildman–Crippen LogP) is 0.587. The standard InChI is InChI=1S/C20H32N2O8S/c1-13(2)29-19(30-15(12-24)14(11-23)28-3)10-21-8-6-5-7-17(25)22-18(26)9-16(31-4)20(22)27/h10-11,13-16,19,24H,5-9,12H2,1-4H3/t14?,15-,16?,19-/m0/s1. The third-order valence-corrected chi connectivity index (χ3v) is 5.40. The number of thioether (sulfide) groups is 1. The fourth-order valence-corrected chi connectivity index (χ4v) is 3.48. The van der Waals surface area contributed by atoms with E-state index in [0.29, 0.717) is 25.7 Å². The molecule has 1 saturated heterocycles. The lowest BCUT2D eigenvalue weighted by Gasteiger charge is -2.25. The predicted molar refractivity (Wildman–Crippen MR) is 115 cm³/mol. The van der Waals surface area contributed by atoms with E-state index < -0.39 is 48.1 Å². The molecule has 0 saturated carbocycles. The summed E-state index contributed by atoms with van der Waals surface area (Å²) in [4.78, 5) is 52.1. The molecule has 0 radical (unpaired) electrons. The van der Waals surface area contributed by atoms with Crippen molar-refractivity contribution >= 4 is 42.0 Å². The van der Waals surface area contributed by atoms with Crippen LogP contribution in [-0.2, 0) is 33.4 Å². The van der Waals surface area contributed by atoms with E-state index in [1.807, 2.05) is 0 Å². The summed E-state index contributed by atoms with van der Waals surface area (Å²) in [6.45, 7) is 3.55. The van der Waals surface area contributed by atoms with E-state index in [0.717, 1.165) is 4.90 Å². The molecule has 0 spiro atoms. The van der Waals surface area contributed by atoms with E-state index >= 15 is 0 Å². The highest BCUT2D eigenvalue weighted by atomic mass is 32.2. The Bertz CT molecular complexity index is 643. The number of nitrogens with zero attached hydrogens (tertiary/aromatic N) is 2. The van der Waals surface area contributed by atoms with E-state index in [-0.39, 0.29) is 18.9 Å². The van der Waals surface area contributed by atoms with Gasteiger partial charge in [0.15, 0.2) is 12.6 Å². The minimum Gasteiger partial charge on any atom is -0.394 e. The molecule has 0 aliphatic carbocycles. The fraction of sp³-hybridized carbons (Fsp3) is 0.750. The minimum absolute atomic E-state index is 0.0656. The Hall–Kier alpha value is -1.66. The van der Waals surface area contributed by atoms with Gasteiger partial charge in [-0.3, -0.25) is 19.4 Å². The van der Waals surface area contributed by atoms with Crippen molar-refractivity contribution < 1.29 is 38.5 Å². The van der Waals surface area contributed by atoms with Crippen molar-refractivity contribution in [2.75, 3.05) is 26.5 Å². The van der Waals surface area contributed by atoms with Gasteiger partial charge in [-0.15, -0.1) is 0 Å². The summed E-state index contributed by atoms with van der Waals surface area (Å²) in [5.74, 6) is -1.36. The van der Waals surface area contributed by atoms with Crippen LogP contribution in [0.15, 0.2) is 4.99 Å². The van der Waals surface area contributed by atoms with Gasteiger partial charge in [0.05, 0.1) is 24.2 Å². The number of hydrogen-bond donors (Lipinski definition) is 1. The van der Waals surface area contributed by atoms with E-state index in [1.165, 1.54) is 25.1 Å². The van der Waals surface area contributed by atoms with Crippen molar-refractivity contribution in [3.05, 3.63) is 0 Å². The van der Waals surface area contributed by atoms with Gasteiger partial charge in [0, 0.05) is 26.5 Å². The highest BCUT2D eigenvalue weighted by molar-refractivity contribution is 8.00. The van der Waals surface area contributed by atoms with Crippen LogP contribution in [0.1, 0.15) is 39.5 Å². The van der Waals surface area contributed by atoms with Crippen molar-refractivity contribution in [2.45, 2.75) is 69.4 Å². The Morgan fingerprint density at radius 3 is 2.55 bits per heavy atom. The van der Waals surface area contributed by atoms with Gasteiger partial charge in [-0.05, 0) is 32.9 Å². The number of aldehydes is 1. The van der Waals surface area contributed by atoms with Crippen LogP contribution in [-0.4, -0.2) is 96.6 Å². The first-order chi connectivity index (χ1) is 14.8. The molecule has 1 aliphatic rings. The lowest BCUT2D eigenvalue weighted by atomic mass is 10.2. The Kier molecular flexibility index (Phi) is 12.7. The number of hydrogen-bond acceptors (Lipinski definition) is 10. The molecule has 176 valence electrons. The van der Waals surface area contributed by atoms with E-state index in [1.54, 1.807) is 20.1 Å². The molecule has 1 rings (SSSR count). The third kappa shape index (κ3) is 8.77. The summed E-state index contributed by atoms with van der Waals surface area (Å²) in [6.07, 6.45) is 1.94. The van der Waals surface area contributed by atoms with Crippen molar-refractivity contribution in [3.8, 4) is 0 Å². The van der Waals surface area contributed by atoms with Crippen LogP contribution in [0, 0.1) is 0 Å². The van der Waals surface area contributed by atoms with Crippen LogP contribution >= 0.6 is 11.8 Å². The first-order valence-electron chi connectivity index (χ1n) is 10.1. The molecule has 0 aromatic carbocycles. The molecule has 1 aliphatic heterocycles. The quantitative estimate of drug-likeness (QED) is 0.123. The van der Waals surface area contributed by atoms with Gasteiger partial charge >= 0.3 is 0 Å². The van der Waals surface area contributed by atoms with Crippen molar-refractivity contribution in [2.24, 2.45) is 4.99 Å². The lowest BCUT2D eigenvalue weighted by Crippen LogP contribution is -2.40. The number of carbonyl (C=O) groups excluding carboxylic acids is 4. The summed E-state index contributed by atoms with van der Waals surface area (Å²) in [5.41, 5.74) is 0. The van der Waals surface area contributed by atoms with Crippen LogP contribution in [0.3, 0.4) is 0 Å². The summed E-state index contributed by atoms with van der Waals surface area (Å²) in [7, 11) is 1.34. The number of ether oxygens (including phenoxy) is 3. The molecule has 10 nitrogen and oxygen atoms in total. The normalized spacial score (nSPS) is 19.9. The topological polar surface area (TPSA) is 132 Å². The molecule has 31 heavy (non-hydrogen) atoms. The molecule has 11 heteroatoms. The zero-order chi connectivity index (χ0) is 23.4. The Morgan fingerprint density at radius 2 is 2.03 bits per heavy atom. The zero-order valence-electron chi connectivity index (χ0n) is 18.4.